The van der Waals surface area contributed by atoms with Crippen LogP contribution in [0.2, 0.25) is 0 Å². The summed E-state index contributed by atoms with van der Waals surface area (Å²) < 4.78 is 2.24. The van der Waals surface area contributed by atoms with Crippen molar-refractivity contribution in [3.05, 3.63) is 24.0 Å². The van der Waals surface area contributed by atoms with Crippen LogP contribution in [0.25, 0.3) is 0 Å². The molecule has 0 aromatic carbocycles. The van der Waals surface area contributed by atoms with Crippen LogP contribution in [-0.4, -0.2) is 4.57 Å². The highest BCUT2D eigenvalue weighted by atomic mass is 15.0. The van der Waals surface area contributed by atoms with Gasteiger partial charge < -0.3 is 10.3 Å². The van der Waals surface area contributed by atoms with Crippen molar-refractivity contribution in [1.29, 1.82) is 0 Å². The van der Waals surface area contributed by atoms with Crippen molar-refractivity contribution in [3.8, 4) is 0 Å². The third-order valence-corrected chi connectivity index (χ3v) is 2.34. The van der Waals surface area contributed by atoms with Gasteiger partial charge in [0.15, 0.2) is 0 Å². The molecule has 0 bridgehead atoms. The molecule has 0 spiro atoms. The first-order chi connectivity index (χ1) is 5.77. The summed E-state index contributed by atoms with van der Waals surface area (Å²) in [5.41, 5.74) is 6.82. The molecule has 0 saturated carbocycles. The molecule has 68 valence electrons. The molecule has 1 rings (SSSR count). The van der Waals surface area contributed by atoms with Gasteiger partial charge in [0.1, 0.15) is 0 Å². The first-order valence-corrected chi connectivity index (χ1v) is 4.62. The summed E-state index contributed by atoms with van der Waals surface area (Å²) in [6.45, 7) is 6.22. The predicted molar refractivity (Wildman–Crippen MR) is 51.8 cm³/mol. The van der Waals surface area contributed by atoms with Crippen LogP contribution in [0.1, 0.15) is 26.0 Å². The minimum atomic E-state index is 0.642. The number of aromatic nitrogens is 1. The Morgan fingerprint density at radius 2 is 2.33 bits per heavy atom. The minimum absolute atomic E-state index is 0.642. The molecule has 1 unspecified atom stereocenters. The van der Waals surface area contributed by atoms with Crippen LogP contribution in [0, 0.1) is 5.92 Å². The van der Waals surface area contributed by atoms with Crippen LogP contribution in [-0.2, 0) is 13.1 Å². The molecular weight excluding hydrogens is 148 g/mol. The van der Waals surface area contributed by atoms with Gasteiger partial charge in [-0.05, 0) is 18.1 Å². The van der Waals surface area contributed by atoms with E-state index in [0.29, 0.717) is 6.54 Å². The van der Waals surface area contributed by atoms with E-state index in [1.54, 1.807) is 0 Å². The summed E-state index contributed by atoms with van der Waals surface area (Å²) in [6, 6.07) is 4.15. The molecule has 0 radical (unpaired) electrons. The van der Waals surface area contributed by atoms with Crippen LogP contribution in [0.5, 0.6) is 0 Å². The molecular formula is C10H18N2. The monoisotopic (exact) mass is 166 g/mol. The molecule has 1 aromatic heterocycles. The molecule has 0 amide bonds. The lowest BCUT2D eigenvalue weighted by atomic mass is 10.1. The Hall–Kier alpha value is -0.760. The van der Waals surface area contributed by atoms with Gasteiger partial charge in [-0.2, -0.15) is 0 Å². The van der Waals surface area contributed by atoms with E-state index < -0.39 is 0 Å². The maximum atomic E-state index is 5.59. The average Bonchev–Trinajstić information content (AvgIpc) is 2.51. The average molecular weight is 166 g/mol. The summed E-state index contributed by atoms with van der Waals surface area (Å²) in [7, 11) is 0. The van der Waals surface area contributed by atoms with Gasteiger partial charge in [-0.3, -0.25) is 0 Å². The molecule has 0 fully saturated rings. The lowest BCUT2D eigenvalue weighted by Crippen LogP contribution is -2.11. The van der Waals surface area contributed by atoms with E-state index in [2.05, 4.69) is 36.7 Å². The molecule has 0 aliphatic heterocycles. The molecule has 12 heavy (non-hydrogen) atoms. The van der Waals surface area contributed by atoms with Crippen molar-refractivity contribution in [3.63, 3.8) is 0 Å². The van der Waals surface area contributed by atoms with Gasteiger partial charge in [0.25, 0.3) is 0 Å². The van der Waals surface area contributed by atoms with E-state index in [4.69, 9.17) is 5.73 Å². The maximum Gasteiger partial charge on any atom is 0.0334 e. The fourth-order valence-corrected chi connectivity index (χ4v) is 1.28. The summed E-state index contributed by atoms with van der Waals surface area (Å²) in [5.74, 6) is 0.739. The van der Waals surface area contributed by atoms with E-state index >= 15 is 0 Å². The molecule has 2 N–H and O–H groups in total. The Balaban J connectivity index is 2.61. The van der Waals surface area contributed by atoms with Gasteiger partial charge in [0.05, 0.1) is 0 Å². The zero-order valence-corrected chi connectivity index (χ0v) is 7.96. The van der Waals surface area contributed by atoms with Gasteiger partial charge in [0.2, 0.25) is 0 Å². The molecule has 1 atom stereocenters. The topological polar surface area (TPSA) is 30.9 Å². The molecule has 0 aliphatic carbocycles. The fourth-order valence-electron chi connectivity index (χ4n) is 1.28. The number of hydrogen-bond acceptors (Lipinski definition) is 1. The fraction of sp³-hybridized carbons (Fsp3) is 0.600. The Morgan fingerprint density at radius 1 is 1.58 bits per heavy atom. The van der Waals surface area contributed by atoms with Gasteiger partial charge in [-0.1, -0.05) is 20.3 Å². The summed E-state index contributed by atoms with van der Waals surface area (Å²) in [5, 5.41) is 0. The predicted octanol–water partition coefficient (Wildman–Crippen LogP) is 1.99. The van der Waals surface area contributed by atoms with Gasteiger partial charge in [-0.25, -0.2) is 0 Å². The Labute approximate surface area is 74.4 Å². The molecule has 2 heteroatoms. The highest BCUT2D eigenvalue weighted by Gasteiger charge is 2.02. The zero-order valence-electron chi connectivity index (χ0n) is 7.96. The second-order valence-electron chi connectivity index (χ2n) is 3.37. The van der Waals surface area contributed by atoms with E-state index in [9.17, 15) is 0 Å². The first kappa shape index (κ1) is 9.33. The van der Waals surface area contributed by atoms with Crippen molar-refractivity contribution >= 4 is 0 Å². The van der Waals surface area contributed by atoms with Gasteiger partial charge in [0, 0.05) is 25.0 Å². The third-order valence-electron chi connectivity index (χ3n) is 2.34. The highest BCUT2D eigenvalue weighted by molar-refractivity contribution is 5.06. The van der Waals surface area contributed by atoms with Crippen LogP contribution >= 0.6 is 0 Å². The van der Waals surface area contributed by atoms with E-state index in [1.165, 1.54) is 12.1 Å². The smallest absolute Gasteiger partial charge is 0.0334 e. The first-order valence-electron chi connectivity index (χ1n) is 4.62. The number of nitrogens with zero attached hydrogens (tertiary/aromatic N) is 1. The Bertz CT molecular complexity index is 227. The summed E-state index contributed by atoms with van der Waals surface area (Å²) in [6.07, 6.45) is 3.33. The zero-order chi connectivity index (χ0) is 8.97. The molecule has 2 nitrogen and oxygen atoms in total. The van der Waals surface area contributed by atoms with E-state index in [1.807, 2.05) is 0 Å². The Morgan fingerprint density at radius 3 is 2.92 bits per heavy atom. The Kier molecular flexibility index (Phi) is 3.35. The van der Waals surface area contributed by atoms with Crippen molar-refractivity contribution in [2.45, 2.75) is 33.4 Å². The SMILES string of the molecule is CCC(C)Cn1cccc1CN. The van der Waals surface area contributed by atoms with Gasteiger partial charge >= 0.3 is 0 Å². The van der Waals surface area contributed by atoms with Crippen LogP contribution in [0.4, 0.5) is 0 Å². The number of hydrogen-bond donors (Lipinski definition) is 1. The normalized spacial score (nSPS) is 13.2. The molecule has 1 heterocycles. The van der Waals surface area contributed by atoms with E-state index in [0.717, 1.165) is 12.5 Å². The lowest BCUT2D eigenvalue weighted by Gasteiger charge is -2.12. The van der Waals surface area contributed by atoms with Crippen molar-refractivity contribution in [2.75, 3.05) is 0 Å². The second-order valence-corrected chi connectivity index (χ2v) is 3.37. The minimum Gasteiger partial charge on any atom is -0.350 e. The standard InChI is InChI=1S/C10H18N2/c1-3-9(2)8-12-6-4-5-10(12)7-11/h4-6,9H,3,7-8,11H2,1-2H3. The van der Waals surface area contributed by atoms with Gasteiger partial charge in [-0.15, -0.1) is 0 Å². The molecule has 0 aliphatic rings. The summed E-state index contributed by atoms with van der Waals surface area (Å²) in [4.78, 5) is 0. The highest BCUT2D eigenvalue weighted by Crippen LogP contribution is 2.08. The summed E-state index contributed by atoms with van der Waals surface area (Å²) >= 11 is 0. The maximum absolute atomic E-state index is 5.59. The van der Waals surface area contributed by atoms with Crippen LogP contribution in [0.3, 0.4) is 0 Å². The van der Waals surface area contributed by atoms with Crippen molar-refractivity contribution in [1.82, 2.24) is 4.57 Å². The van der Waals surface area contributed by atoms with Crippen LogP contribution < -0.4 is 5.73 Å². The lowest BCUT2D eigenvalue weighted by molar-refractivity contribution is 0.461. The molecule has 1 aromatic rings. The van der Waals surface area contributed by atoms with Crippen LogP contribution in [0.15, 0.2) is 18.3 Å². The second kappa shape index (κ2) is 4.31. The third kappa shape index (κ3) is 2.11. The van der Waals surface area contributed by atoms with Crippen molar-refractivity contribution in [2.24, 2.45) is 11.7 Å². The number of nitrogens with two attached hydrogens (primary N) is 1. The number of rotatable bonds is 4. The van der Waals surface area contributed by atoms with Crippen molar-refractivity contribution < 1.29 is 0 Å². The molecule has 0 saturated heterocycles. The van der Waals surface area contributed by atoms with E-state index in [-0.39, 0.29) is 0 Å². The quantitative estimate of drug-likeness (QED) is 0.728. The largest absolute Gasteiger partial charge is 0.350 e.